The molecule has 2 aliphatic rings. The summed E-state index contributed by atoms with van der Waals surface area (Å²) in [5.41, 5.74) is 1.07. The van der Waals surface area contributed by atoms with Crippen LogP contribution in [0, 0.1) is 11.3 Å². The molecule has 0 unspecified atom stereocenters. The number of likely N-dealkylation sites (tertiary alicyclic amines) is 1. The number of aromatic nitrogens is 3. The highest BCUT2D eigenvalue weighted by Gasteiger charge is 2.54. The first-order valence-corrected chi connectivity index (χ1v) is 9.49. The van der Waals surface area contributed by atoms with Gasteiger partial charge < -0.3 is 5.32 Å². The van der Waals surface area contributed by atoms with Crippen LogP contribution in [0.25, 0.3) is 0 Å². The Morgan fingerprint density at radius 2 is 2.19 bits per heavy atom. The molecule has 6 heteroatoms. The van der Waals surface area contributed by atoms with Crippen LogP contribution in [0.4, 0.5) is 0 Å². The predicted octanol–water partition coefficient (Wildman–Crippen LogP) is 2.29. The zero-order valence-corrected chi connectivity index (χ0v) is 15.6. The van der Waals surface area contributed by atoms with E-state index in [0.29, 0.717) is 5.92 Å². The number of fused-ring (bicyclic) bond motifs is 1. The molecule has 4 rings (SSSR count). The molecule has 1 saturated carbocycles. The summed E-state index contributed by atoms with van der Waals surface area (Å²) >= 11 is 0. The molecule has 0 spiro atoms. The number of nitrogens with one attached hydrogen (secondary N) is 1. The van der Waals surface area contributed by atoms with Crippen LogP contribution >= 0.6 is 0 Å². The lowest BCUT2D eigenvalue weighted by Crippen LogP contribution is -2.45. The molecule has 1 aromatic heterocycles. The Balaban J connectivity index is 1.47. The summed E-state index contributed by atoms with van der Waals surface area (Å²) in [6.07, 6.45) is 4.82. The minimum atomic E-state index is -0.248. The van der Waals surface area contributed by atoms with Gasteiger partial charge in [0.2, 0.25) is 5.91 Å². The van der Waals surface area contributed by atoms with Crippen molar-refractivity contribution in [3.8, 4) is 0 Å². The summed E-state index contributed by atoms with van der Waals surface area (Å²) in [4.78, 5) is 20.0. The Labute approximate surface area is 154 Å². The number of carbonyl (C=O) groups is 1. The molecule has 1 aromatic carbocycles. The van der Waals surface area contributed by atoms with E-state index in [2.05, 4.69) is 44.6 Å². The van der Waals surface area contributed by atoms with Gasteiger partial charge in [-0.25, -0.2) is 4.98 Å². The van der Waals surface area contributed by atoms with Crippen molar-refractivity contribution in [2.75, 3.05) is 13.1 Å². The molecule has 1 aliphatic heterocycles. The lowest BCUT2D eigenvalue weighted by atomic mass is 9.79. The lowest BCUT2D eigenvalue weighted by molar-refractivity contribution is -0.132. The summed E-state index contributed by atoms with van der Waals surface area (Å²) in [7, 11) is 1.86. The van der Waals surface area contributed by atoms with Crippen molar-refractivity contribution in [3.63, 3.8) is 0 Å². The molecule has 0 bridgehead atoms. The SMILES string of the molecule is C[C@@H](NC(=O)[C@@]12CCC[C@@H]1CN(Cc1ccccc1)C2)c1ncnn1C. The van der Waals surface area contributed by atoms with E-state index in [9.17, 15) is 4.79 Å². The summed E-state index contributed by atoms with van der Waals surface area (Å²) in [5.74, 6) is 1.44. The lowest BCUT2D eigenvalue weighted by Gasteiger charge is -2.29. The molecule has 3 atom stereocenters. The highest BCUT2D eigenvalue weighted by molar-refractivity contribution is 5.84. The molecule has 1 N–H and O–H groups in total. The number of rotatable bonds is 5. The van der Waals surface area contributed by atoms with E-state index in [4.69, 9.17) is 0 Å². The van der Waals surface area contributed by atoms with Crippen LogP contribution in [0.2, 0.25) is 0 Å². The minimum Gasteiger partial charge on any atom is -0.346 e. The fraction of sp³-hybridized carbons (Fsp3) is 0.550. The van der Waals surface area contributed by atoms with Crippen molar-refractivity contribution in [1.29, 1.82) is 0 Å². The molecular weight excluding hydrogens is 326 g/mol. The quantitative estimate of drug-likeness (QED) is 0.896. The first-order chi connectivity index (χ1) is 12.6. The highest BCUT2D eigenvalue weighted by atomic mass is 16.2. The Morgan fingerprint density at radius 3 is 2.92 bits per heavy atom. The van der Waals surface area contributed by atoms with Crippen molar-refractivity contribution in [3.05, 3.63) is 48.0 Å². The Morgan fingerprint density at radius 1 is 1.38 bits per heavy atom. The van der Waals surface area contributed by atoms with Crippen LogP contribution in [0.3, 0.4) is 0 Å². The van der Waals surface area contributed by atoms with E-state index in [1.54, 1.807) is 4.68 Å². The molecule has 138 valence electrons. The highest BCUT2D eigenvalue weighted by Crippen LogP contribution is 2.49. The van der Waals surface area contributed by atoms with Crippen LogP contribution in [0.1, 0.15) is 43.6 Å². The number of hydrogen-bond acceptors (Lipinski definition) is 4. The van der Waals surface area contributed by atoms with Crippen LogP contribution in [0.15, 0.2) is 36.7 Å². The van der Waals surface area contributed by atoms with Crippen LogP contribution in [-0.2, 0) is 18.4 Å². The van der Waals surface area contributed by atoms with Gasteiger partial charge in [0.1, 0.15) is 12.2 Å². The van der Waals surface area contributed by atoms with Gasteiger partial charge in [0.15, 0.2) is 0 Å². The van der Waals surface area contributed by atoms with E-state index >= 15 is 0 Å². The fourth-order valence-corrected chi connectivity index (χ4v) is 4.83. The average Bonchev–Trinajstić information content (AvgIpc) is 3.30. The molecule has 2 fully saturated rings. The maximum Gasteiger partial charge on any atom is 0.228 e. The summed E-state index contributed by atoms with van der Waals surface area (Å²) in [6.45, 7) is 4.77. The third kappa shape index (κ3) is 3.03. The van der Waals surface area contributed by atoms with Crippen molar-refractivity contribution in [1.82, 2.24) is 25.0 Å². The molecule has 26 heavy (non-hydrogen) atoms. The molecule has 1 saturated heterocycles. The third-order valence-electron chi connectivity index (χ3n) is 6.12. The van der Waals surface area contributed by atoms with Gasteiger partial charge in [-0.15, -0.1) is 0 Å². The van der Waals surface area contributed by atoms with E-state index in [1.165, 1.54) is 11.9 Å². The first-order valence-electron chi connectivity index (χ1n) is 9.49. The maximum absolute atomic E-state index is 13.3. The van der Waals surface area contributed by atoms with Crippen LogP contribution in [-0.4, -0.2) is 38.7 Å². The summed E-state index contributed by atoms with van der Waals surface area (Å²) < 4.78 is 1.73. The second kappa shape index (κ2) is 6.83. The van der Waals surface area contributed by atoms with E-state index in [-0.39, 0.29) is 17.4 Å². The van der Waals surface area contributed by atoms with Crippen molar-refractivity contribution in [2.45, 2.75) is 38.8 Å². The number of benzene rings is 1. The Bertz CT molecular complexity index is 774. The Kier molecular flexibility index (Phi) is 4.53. The number of nitrogens with zero attached hydrogens (tertiary/aromatic N) is 4. The van der Waals surface area contributed by atoms with E-state index < -0.39 is 0 Å². The topological polar surface area (TPSA) is 63.1 Å². The average molecular weight is 353 g/mol. The van der Waals surface area contributed by atoms with Gasteiger partial charge in [0.25, 0.3) is 0 Å². The molecule has 1 amide bonds. The smallest absolute Gasteiger partial charge is 0.228 e. The van der Waals surface area contributed by atoms with E-state index in [0.717, 1.165) is 44.7 Å². The van der Waals surface area contributed by atoms with Gasteiger partial charge in [-0.05, 0) is 31.2 Å². The first kappa shape index (κ1) is 17.2. The number of carbonyl (C=O) groups excluding carboxylic acids is 1. The largest absolute Gasteiger partial charge is 0.346 e. The predicted molar refractivity (Wildman–Crippen MR) is 99.1 cm³/mol. The second-order valence-electron chi connectivity index (χ2n) is 7.84. The molecule has 2 heterocycles. The molecule has 2 aromatic rings. The van der Waals surface area contributed by atoms with Gasteiger partial charge in [0, 0.05) is 26.7 Å². The van der Waals surface area contributed by atoms with Crippen LogP contribution in [0.5, 0.6) is 0 Å². The van der Waals surface area contributed by atoms with Crippen LogP contribution < -0.4 is 5.32 Å². The molecule has 0 radical (unpaired) electrons. The van der Waals surface area contributed by atoms with Gasteiger partial charge in [0.05, 0.1) is 11.5 Å². The van der Waals surface area contributed by atoms with Crippen molar-refractivity contribution < 1.29 is 4.79 Å². The van der Waals surface area contributed by atoms with Gasteiger partial charge in [-0.3, -0.25) is 14.4 Å². The van der Waals surface area contributed by atoms with Crippen molar-refractivity contribution >= 4 is 5.91 Å². The van der Waals surface area contributed by atoms with E-state index in [1.807, 2.05) is 20.0 Å². The normalized spacial score (nSPS) is 26.6. The molecule has 6 nitrogen and oxygen atoms in total. The van der Waals surface area contributed by atoms with Gasteiger partial charge in [-0.1, -0.05) is 36.8 Å². The second-order valence-corrected chi connectivity index (χ2v) is 7.84. The summed E-state index contributed by atoms with van der Waals surface area (Å²) in [6, 6.07) is 10.4. The molecular formula is C20H27N5O. The maximum atomic E-state index is 13.3. The van der Waals surface area contributed by atoms with Gasteiger partial charge in [-0.2, -0.15) is 5.10 Å². The molecule has 1 aliphatic carbocycles. The zero-order valence-electron chi connectivity index (χ0n) is 15.6. The minimum absolute atomic E-state index is 0.131. The van der Waals surface area contributed by atoms with Crippen molar-refractivity contribution in [2.24, 2.45) is 18.4 Å². The number of aryl methyl sites for hydroxylation is 1. The zero-order chi connectivity index (χ0) is 18.1. The third-order valence-corrected chi connectivity index (χ3v) is 6.12. The van der Waals surface area contributed by atoms with Gasteiger partial charge >= 0.3 is 0 Å². The monoisotopic (exact) mass is 353 g/mol. The number of amides is 1. The number of hydrogen-bond donors (Lipinski definition) is 1. The summed E-state index contributed by atoms with van der Waals surface area (Å²) in [5, 5.41) is 7.33. The Hall–Kier alpha value is -2.21. The standard InChI is InChI=1S/C20H27N5O/c1-15(18-21-14-22-24(18)2)23-19(26)20-10-6-9-17(20)12-25(13-20)11-16-7-4-3-5-8-16/h3-5,7-8,14-15,17H,6,9-13H2,1-2H3,(H,23,26)/t15-,17-,20-/m1/s1. The fourth-order valence-electron chi connectivity index (χ4n) is 4.83.